The van der Waals surface area contributed by atoms with Gasteiger partial charge in [0.2, 0.25) is 0 Å². The van der Waals surface area contributed by atoms with Crippen LogP contribution in [0.25, 0.3) is 0 Å². The summed E-state index contributed by atoms with van der Waals surface area (Å²) >= 11 is 0. The first kappa shape index (κ1) is 16.7. The van der Waals surface area contributed by atoms with Gasteiger partial charge in [0.05, 0.1) is 0 Å². The molecule has 1 amide bonds. The second-order valence-corrected chi connectivity index (χ2v) is 5.23. The molecule has 0 aliphatic rings. The number of amides is 1. The van der Waals surface area contributed by atoms with Crippen molar-refractivity contribution in [1.82, 2.24) is 5.32 Å². The van der Waals surface area contributed by atoms with E-state index in [4.69, 9.17) is 4.74 Å². The molecule has 23 heavy (non-hydrogen) atoms. The van der Waals surface area contributed by atoms with Crippen molar-refractivity contribution in [2.45, 2.75) is 25.9 Å². The third kappa shape index (κ3) is 4.42. The molecule has 0 aliphatic heterocycles. The Morgan fingerprint density at radius 1 is 0.957 bits per heavy atom. The van der Waals surface area contributed by atoms with E-state index >= 15 is 0 Å². The van der Waals surface area contributed by atoms with E-state index in [1.807, 2.05) is 67.6 Å². The Labute approximate surface area is 136 Å². The zero-order valence-electron chi connectivity index (χ0n) is 13.4. The van der Waals surface area contributed by atoms with Crippen LogP contribution < -0.4 is 5.32 Å². The van der Waals surface area contributed by atoms with Crippen LogP contribution in [0.15, 0.2) is 60.7 Å². The molecular weight excluding hydrogens is 290 g/mol. The van der Waals surface area contributed by atoms with E-state index in [9.17, 15) is 9.59 Å². The molecule has 1 N–H and O–H groups in total. The minimum Gasteiger partial charge on any atom is -0.452 e. The molecule has 1 atom stereocenters. The maximum absolute atomic E-state index is 12.7. The van der Waals surface area contributed by atoms with Crippen molar-refractivity contribution in [3.63, 3.8) is 0 Å². The highest BCUT2D eigenvalue weighted by Gasteiger charge is 2.27. The highest BCUT2D eigenvalue weighted by Crippen LogP contribution is 2.26. The third-order valence-corrected chi connectivity index (χ3v) is 3.51. The molecule has 0 unspecified atom stereocenters. The van der Waals surface area contributed by atoms with Gasteiger partial charge in [-0.25, -0.2) is 0 Å². The SMILES string of the molecule is CCNC(=O)[C@H](C)OC(=O)C(c1ccccc1)c1ccccc1. The zero-order chi connectivity index (χ0) is 16.7. The average molecular weight is 311 g/mol. The lowest BCUT2D eigenvalue weighted by molar-refractivity contribution is -0.155. The van der Waals surface area contributed by atoms with E-state index in [0.717, 1.165) is 11.1 Å². The molecule has 0 aliphatic carbocycles. The van der Waals surface area contributed by atoms with E-state index in [0.29, 0.717) is 6.54 Å². The van der Waals surface area contributed by atoms with Crippen LogP contribution in [-0.4, -0.2) is 24.5 Å². The standard InChI is InChI=1S/C19H21NO3/c1-3-20-18(21)14(2)23-19(22)17(15-10-6-4-7-11-15)16-12-8-5-9-13-16/h4-14,17H,3H2,1-2H3,(H,20,21)/t14-/m0/s1. The van der Waals surface area contributed by atoms with E-state index in [1.165, 1.54) is 0 Å². The fourth-order valence-corrected chi connectivity index (χ4v) is 2.37. The molecule has 0 saturated carbocycles. The Bertz CT molecular complexity index is 601. The maximum atomic E-state index is 12.7. The summed E-state index contributed by atoms with van der Waals surface area (Å²) in [6.45, 7) is 3.90. The van der Waals surface area contributed by atoms with Crippen molar-refractivity contribution >= 4 is 11.9 Å². The van der Waals surface area contributed by atoms with Gasteiger partial charge in [0.25, 0.3) is 5.91 Å². The molecule has 120 valence electrons. The van der Waals surface area contributed by atoms with Crippen molar-refractivity contribution in [2.24, 2.45) is 0 Å². The van der Waals surface area contributed by atoms with Gasteiger partial charge in [0.15, 0.2) is 6.10 Å². The fourth-order valence-electron chi connectivity index (χ4n) is 2.37. The third-order valence-electron chi connectivity index (χ3n) is 3.51. The van der Waals surface area contributed by atoms with E-state index in [-0.39, 0.29) is 5.91 Å². The highest BCUT2D eigenvalue weighted by molar-refractivity contribution is 5.87. The first-order chi connectivity index (χ1) is 11.1. The van der Waals surface area contributed by atoms with Crippen LogP contribution in [-0.2, 0) is 14.3 Å². The van der Waals surface area contributed by atoms with Gasteiger partial charge < -0.3 is 10.1 Å². The van der Waals surface area contributed by atoms with Crippen molar-refractivity contribution in [2.75, 3.05) is 6.54 Å². The van der Waals surface area contributed by atoms with Gasteiger partial charge in [-0.05, 0) is 25.0 Å². The molecule has 4 heteroatoms. The van der Waals surface area contributed by atoms with Gasteiger partial charge in [0, 0.05) is 6.54 Å². The van der Waals surface area contributed by atoms with Crippen molar-refractivity contribution in [3.8, 4) is 0 Å². The second-order valence-electron chi connectivity index (χ2n) is 5.23. The minimum absolute atomic E-state index is 0.291. The van der Waals surface area contributed by atoms with Crippen LogP contribution in [0.5, 0.6) is 0 Å². The number of rotatable bonds is 6. The minimum atomic E-state index is -0.822. The van der Waals surface area contributed by atoms with Crippen LogP contribution in [0.3, 0.4) is 0 Å². The lowest BCUT2D eigenvalue weighted by Gasteiger charge is -2.20. The van der Waals surface area contributed by atoms with Crippen LogP contribution >= 0.6 is 0 Å². The largest absolute Gasteiger partial charge is 0.452 e. The number of likely N-dealkylation sites (N-methyl/N-ethyl adjacent to an activating group) is 1. The first-order valence-corrected chi connectivity index (χ1v) is 7.71. The van der Waals surface area contributed by atoms with Crippen LogP contribution in [0.2, 0.25) is 0 Å². The molecule has 2 aromatic carbocycles. The van der Waals surface area contributed by atoms with Gasteiger partial charge in [0.1, 0.15) is 5.92 Å². The van der Waals surface area contributed by atoms with Crippen molar-refractivity contribution < 1.29 is 14.3 Å². The summed E-state index contributed by atoms with van der Waals surface area (Å²) in [7, 11) is 0. The molecule has 2 aromatic rings. The summed E-state index contributed by atoms with van der Waals surface area (Å²) in [5, 5.41) is 2.65. The van der Waals surface area contributed by atoms with Crippen molar-refractivity contribution in [1.29, 1.82) is 0 Å². The van der Waals surface area contributed by atoms with Gasteiger partial charge in [-0.2, -0.15) is 0 Å². The monoisotopic (exact) mass is 311 g/mol. The van der Waals surface area contributed by atoms with E-state index < -0.39 is 18.0 Å². The number of hydrogen-bond acceptors (Lipinski definition) is 3. The number of carbonyl (C=O) groups is 2. The Kier molecular flexibility index (Phi) is 5.92. The normalized spacial score (nSPS) is 11.8. The molecular formula is C19H21NO3. The van der Waals surface area contributed by atoms with Gasteiger partial charge >= 0.3 is 5.97 Å². The summed E-state index contributed by atoms with van der Waals surface area (Å²) in [6.07, 6.45) is -0.822. The van der Waals surface area contributed by atoms with Crippen LogP contribution in [0, 0.1) is 0 Å². The molecule has 0 heterocycles. The predicted octanol–water partition coefficient (Wildman–Crippen LogP) is 2.89. The van der Waals surface area contributed by atoms with Gasteiger partial charge in [-0.3, -0.25) is 9.59 Å². The lowest BCUT2D eigenvalue weighted by Crippen LogP contribution is -2.36. The Morgan fingerprint density at radius 2 is 1.43 bits per heavy atom. The average Bonchev–Trinajstić information content (AvgIpc) is 2.57. The number of ether oxygens (including phenoxy) is 1. The zero-order valence-corrected chi connectivity index (χ0v) is 13.4. The predicted molar refractivity (Wildman–Crippen MR) is 89.0 cm³/mol. The summed E-state index contributed by atoms with van der Waals surface area (Å²) in [4.78, 5) is 24.4. The van der Waals surface area contributed by atoms with Gasteiger partial charge in [-0.15, -0.1) is 0 Å². The number of esters is 1. The lowest BCUT2D eigenvalue weighted by atomic mass is 9.91. The number of carbonyl (C=O) groups excluding carboxylic acids is 2. The Balaban J connectivity index is 2.24. The van der Waals surface area contributed by atoms with Gasteiger partial charge in [-0.1, -0.05) is 60.7 Å². The second kappa shape index (κ2) is 8.13. The Morgan fingerprint density at radius 3 is 1.87 bits per heavy atom. The molecule has 0 radical (unpaired) electrons. The summed E-state index contributed by atoms with van der Waals surface area (Å²) in [5.41, 5.74) is 1.68. The molecule has 0 aromatic heterocycles. The number of nitrogens with one attached hydrogen (secondary N) is 1. The highest BCUT2D eigenvalue weighted by atomic mass is 16.5. The van der Waals surface area contributed by atoms with Crippen LogP contribution in [0.1, 0.15) is 30.9 Å². The molecule has 0 fully saturated rings. The molecule has 4 nitrogen and oxygen atoms in total. The smallest absolute Gasteiger partial charge is 0.318 e. The van der Waals surface area contributed by atoms with E-state index in [2.05, 4.69) is 5.32 Å². The summed E-state index contributed by atoms with van der Waals surface area (Å²) < 4.78 is 5.38. The first-order valence-electron chi connectivity index (χ1n) is 7.71. The quantitative estimate of drug-likeness (QED) is 0.835. The van der Waals surface area contributed by atoms with Crippen LogP contribution in [0.4, 0.5) is 0 Å². The maximum Gasteiger partial charge on any atom is 0.318 e. The van der Waals surface area contributed by atoms with E-state index in [1.54, 1.807) is 6.92 Å². The molecule has 0 spiro atoms. The molecule has 0 bridgehead atoms. The summed E-state index contributed by atoms with van der Waals surface area (Å²) in [6, 6.07) is 18.9. The summed E-state index contributed by atoms with van der Waals surface area (Å²) in [5.74, 6) is -1.27. The fraction of sp³-hybridized carbons (Fsp3) is 0.263. The van der Waals surface area contributed by atoms with Crippen molar-refractivity contribution in [3.05, 3.63) is 71.8 Å². The topological polar surface area (TPSA) is 55.4 Å². The Hall–Kier alpha value is -2.62. The number of benzene rings is 2. The molecule has 2 rings (SSSR count). The molecule has 0 saturated heterocycles. The number of hydrogen-bond donors (Lipinski definition) is 1.